The summed E-state index contributed by atoms with van der Waals surface area (Å²) in [5.41, 5.74) is 12.5. The molecule has 1 heterocycles. The summed E-state index contributed by atoms with van der Waals surface area (Å²) in [6.45, 7) is 3.50. The first-order valence-corrected chi connectivity index (χ1v) is 12.3. The van der Waals surface area contributed by atoms with Crippen molar-refractivity contribution in [1.29, 1.82) is 10.8 Å². The number of nitrogens with zero attached hydrogens (tertiary/aromatic N) is 2. The van der Waals surface area contributed by atoms with Gasteiger partial charge in [0.1, 0.15) is 34.7 Å². The summed E-state index contributed by atoms with van der Waals surface area (Å²) in [5.74, 6) is 1.39. The molecule has 0 aromatic heterocycles. The van der Waals surface area contributed by atoms with E-state index in [2.05, 4.69) is 0 Å². The molecular formula is C28H30N6O5. The zero-order valence-electron chi connectivity index (χ0n) is 21.5. The summed E-state index contributed by atoms with van der Waals surface area (Å²) in [4.78, 5) is 28.7. The minimum absolute atomic E-state index is 0.0522. The van der Waals surface area contributed by atoms with Gasteiger partial charge in [-0.1, -0.05) is 0 Å². The van der Waals surface area contributed by atoms with Gasteiger partial charge >= 0.3 is 6.09 Å². The predicted molar refractivity (Wildman–Crippen MR) is 146 cm³/mol. The molecule has 1 fully saturated rings. The number of ether oxygens (including phenoxy) is 3. The summed E-state index contributed by atoms with van der Waals surface area (Å²) in [7, 11) is 0. The molecule has 0 bridgehead atoms. The molecule has 3 aromatic carbocycles. The molecule has 2 amide bonds. The third kappa shape index (κ3) is 6.83. The van der Waals surface area contributed by atoms with E-state index in [1.807, 2.05) is 0 Å². The number of hydrogen-bond donors (Lipinski definition) is 4. The van der Waals surface area contributed by atoms with Gasteiger partial charge in [0, 0.05) is 48.9 Å². The van der Waals surface area contributed by atoms with Crippen LogP contribution in [-0.2, 0) is 4.74 Å². The summed E-state index contributed by atoms with van der Waals surface area (Å²) < 4.78 is 17.1. The van der Waals surface area contributed by atoms with Gasteiger partial charge in [-0.25, -0.2) is 4.79 Å². The molecule has 3 aromatic rings. The van der Waals surface area contributed by atoms with E-state index in [1.165, 1.54) is 0 Å². The van der Waals surface area contributed by atoms with Crippen LogP contribution in [0.25, 0.3) is 0 Å². The Morgan fingerprint density at radius 1 is 0.692 bits per heavy atom. The quantitative estimate of drug-likeness (QED) is 0.254. The summed E-state index contributed by atoms with van der Waals surface area (Å²) in [6.07, 6.45) is -0.387. The fraction of sp³-hybridized carbons (Fsp3) is 0.214. The number of nitrogens with one attached hydrogen (secondary N) is 2. The fourth-order valence-corrected chi connectivity index (χ4v) is 3.98. The minimum Gasteiger partial charge on any atom is -0.457 e. The van der Waals surface area contributed by atoms with Gasteiger partial charge in [0.05, 0.1) is 6.61 Å². The number of hydrogen-bond acceptors (Lipinski definition) is 7. The van der Waals surface area contributed by atoms with Crippen molar-refractivity contribution >= 4 is 23.7 Å². The molecule has 0 atom stereocenters. The Bertz CT molecular complexity index is 1290. The zero-order chi connectivity index (χ0) is 27.9. The Kier molecular flexibility index (Phi) is 8.30. The highest BCUT2D eigenvalue weighted by atomic mass is 16.6. The van der Waals surface area contributed by atoms with E-state index in [9.17, 15) is 9.59 Å². The van der Waals surface area contributed by atoms with Crippen LogP contribution < -0.4 is 20.9 Å². The lowest BCUT2D eigenvalue weighted by Gasteiger charge is -2.34. The SMILES string of the molecule is CCOC(=O)N1CCN(C(=O)c2cc(Oc3ccc(C(=N)N)cc3)cc(Oc3ccc(C(=N)N)cc3)c2)CC1. The first kappa shape index (κ1) is 27.0. The van der Waals surface area contributed by atoms with Crippen LogP contribution in [0.4, 0.5) is 4.79 Å². The van der Waals surface area contributed by atoms with Crippen molar-refractivity contribution in [2.75, 3.05) is 32.8 Å². The standard InChI is InChI=1S/C28H30N6O5/c1-2-37-28(36)34-13-11-33(12-14-34)27(35)20-15-23(38-21-7-3-18(4-8-21)25(29)30)17-24(16-20)39-22-9-5-19(6-10-22)26(31)32/h3-10,15-17H,2,11-14H2,1H3,(H3,29,30)(H3,31,32). The molecule has 1 aliphatic rings. The molecule has 202 valence electrons. The lowest BCUT2D eigenvalue weighted by molar-refractivity contribution is 0.0570. The van der Waals surface area contributed by atoms with Crippen LogP contribution in [0, 0.1) is 10.8 Å². The van der Waals surface area contributed by atoms with Gasteiger partial charge < -0.3 is 35.5 Å². The van der Waals surface area contributed by atoms with Crippen LogP contribution >= 0.6 is 0 Å². The van der Waals surface area contributed by atoms with Crippen molar-refractivity contribution in [3.05, 3.63) is 83.4 Å². The molecule has 1 aliphatic heterocycles. The first-order valence-electron chi connectivity index (χ1n) is 12.3. The largest absolute Gasteiger partial charge is 0.457 e. The van der Waals surface area contributed by atoms with E-state index in [1.54, 1.807) is 83.5 Å². The average Bonchev–Trinajstić information content (AvgIpc) is 2.93. The monoisotopic (exact) mass is 530 g/mol. The van der Waals surface area contributed by atoms with Crippen LogP contribution in [0.2, 0.25) is 0 Å². The highest BCUT2D eigenvalue weighted by Crippen LogP contribution is 2.31. The summed E-state index contributed by atoms with van der Waals surface area (Å²) >= 11 is 0. The van der Waals surface area contributed by atoms with E-state index in [0.29, 0.717) is 72.5 Å². The Hall–Kier alpha value is -5.06. The van der Waals surface area contributed by atoms with Gasteiger partial charge in [-0.05, 0) is 67.6 Å². The summed E-state index contributed by atoms with van der Waals surface area (Å²) in [6, 6.07) is 18.3. The van der Waals surface area contributed by atoms with Crippen LogP contribution in [0.5, 0.6) is 23.0 Å². The number of amides is 2. The number of amidine groups is 2. The Morgan fingerprint density at radius 2 is 1.13 bits per heavy atom. The maximum Gasteiger partial charge on any atom is 0.409 e. The van der Waals surface area contributed by atoms with E-state index >= 15 is 0 Å². The van der Waals surface area contributed by atoms with E-state index in [-0.39, 0.29) is 23.7 Å². The number of carbonyl (C=O) groups excluding carboxylic acids is 2. The first-order chi connectivity index (χ1) is 18.7. The number of piperazine rings is 1. The molecule has 0 spiro atoms. The third-order valence-corrected chi connectivity index (χ3v) is 6.02. The molecule has 6 N–H and O–H groups in total. The molecule has 11 nitrogen and oxygen atoms in total. The van der Waals surface area contributed by atoms with Crippen molar-refractivity contribution in [2.24, 2.45) is 11.5 Å². The molecule has 39 heavy (non-hydrogen) atoms. The number of benzene rings is 3. The van der Waals surface area contributed by atoms with Crippen LogP contribution in [0.3, 0.4) is 0 Å². The number of rotatable bonds is 8. The van der Waals surface area contributed by atoms with Gasteiger partial charge in [0.15, 0.2) is 0 Å². The number of nitrogens with two attached hydrogens (primary N) is 2. The lowest BCUT2D eigenvalue weighted by atomic mass is 10.1. The Balaban J connectivity index is 1.57. The highest BCUT2D eigenvalue weighted by molar-refractivity contribution is 5.96. The van der Waals surface area contributed by atoms with Gasteiger partial charge in [-0.2, -0.15) is 0 Å². The predicted octanol–water partition coefficient (Wildman–Crippen LogP) is 3.75. The van der Waals surface area contributed by atoms with Gasteiger partial charge in [-0.3, -0.25) is 15.6 Å². The molecular weight excluding hydrogens is 500 g/mol. The van der Waals surface area contributed by atoms with E-state index < -0.39 is 0 Å². The molecule has 0 aliphatic carbocycles. The highest BCUT2D eigenvalue weighted by Gasteiger charge is 2.26. The second-order valence-corrected chi connectivity index (χ2v) is 8.75. The van der Waals surface area contributed by atoms with Gasteiger partial charge in [0.25, 0.3) is 5.91 Å². The van der Waals surface area contributed by atoms with Crippen molar-refractivity contribution in [3.63, 3.8) is 0 Å². The van der Waals surface area contributed by atoms with E-state index in [4.69, 9.17) is 36.5 Å². The number of nitrogen functional groups attached to an aromatic ring is 2. The molecule has 0 radical (unpaired) electrons. The summed E-state index contributed by atoms with van der Waals surface area (Å²) in [5, 5.41) is 15.1. The van der Waals surface area contributed by atoms with Crippen molar-refractivity contribution in [3.8, 4) is 23.0 Å². The van der Waals surface area contributed by atoms with Crippen LogP contribution in [-0.4, -0.2) is 66.3 Å². The second-order valence-electron chi connectivity index (χ2n) is 8.75. The smallest absolute Gasteiger partial charge is 0.409 e. The molecule has 11 heteroatoms. The van der Waals surface area contributed by atoms with Gasteiger partial charge in [0.2, 0.25) is 0 Å². The molecule has 1 saturated heterocycles. The number of carbonyl (C=O) groups is 2. The van der Waals surface area contributed by atoms with Crippen molar-refractivity contribution in [2.45, 2.75) is 6.92 Å². The third-order valence-electron chi connectivity index (χ3n) is 6.02. The average molecular weight is 531 g/mol. The zero-order valence-corrected chi connectivity index (χ0v) is 21.5. The van der Waals surface area contributed by atoms with Gasteiger partial charge in [-0.15, -0.1) is 0 Å². The maximum atomic E-state index is 13.5. The Morgan fingerprint density at radius 3 is 1.54 bits per heavy atom. The van der Waals surface area contributed by atoms with Crippen molar-refractivity contribution < 1.29 is 23.8 Å². The molecule has 0 unspecified atom stereocenters. The topological polar surface area (TPSA) is 168 Å². The lowest BCUT2D eigenvalue weighted by Crippen LogP contribution is -2.50. The second kappa shape index (κ2) is 12.0. The Labute approximate surface area is 225 Å². The van der Waals surface area contributed by atoms with Crippen LogP contribution in [0.1, 0.15) is 28.4 Å². The van der Waals surface area contributed by atoms with E-state index in [0.717, 1.165) is 0 Å². The van der Waals surface area contributed by atoms with Crippen LogP contribution in [0.15, 0.2) is 66.7 Å². The maximum absolute atomic E-state index is 13.5. The van der Waals surface area contributed by atoms with Crippen molar-refractivity contribution in [1.82, 2.24) is 9.80 Å². The fourth-order valence-electron chi connectivity index (χ4n) is 3.98. The minimum atomic E-state index is -0.387. The molecule has 0 saturated carbocycles. The molecule has 4 rings (SSSR count). The normalized spacial score (nSPS) is 12.9.